The molecule has 2 heterocycles. The molecular weight excluding hydrogens is 348 g/mol. The number of hydrogen-bond donors (Lipinski definition) is 2. The molecule has 0 aliphatic heterocycles. The predicted molar refractivity (Wildman–Crippen MR) is 76.1 cm³/mol. The van der Waals surface area contributed by atoms with E-state index in [9.17, 15) is 9.59 Å². The molecule has 1 atom stereocenters. The zero-order valence-corrected chi connectivity index (χ0v) is 13.0. The van der Waals surface area contributed by atoms with Crippen LogP contribution >= 0.6 is 27.3 Å². The number of furan rings is 1. The molecule has 0 bridgehead atoms. The van der Waals surface area contributed by atoms with Crippen LogP contribution in [0.3, 0.4) is 0 Å². The molecule has 2 rings (SSSR count). The highest BCUT2D eigenvalue weighted by Gasteiger charge is 2.21. The van der Waals surface area contributed by atoms with Crippen molar-refractivity contribution in [3.63, 3.8) is 0 Å². The zero-order chi connectivity index (χ0) is 14.9. The quantitative estimate of drug-likeness (QED) is 0.876. The molecule has 0 aromatic carbocycles. The van der Waals surface area contributed by atoms with Gasteiger partial charge in [-0.15, -0.1) is 11.3 Å². The molecule has 0 radical (unpaired) electrons. The van der Waals surface area contributed by atoms with Crippen LogP contribution in [0.2, 0.25) is 0 Å². The lowest BCUT2D eigenvalue weighted by Gasteiger charge is -2.09. The summed E-state index contributed by atoms with van der Waals surface area (Å²) < 4.78 is 5.62. The van der Waals surface area contributed by atoms with E-state index < -0.39 is 12.0 Å². The lowest BCUT2D eigenvalue weighted by molar-refractivity contribution is 0.0701. The third-order valence-electron chi connectivity index (χ3n) is 2.55. The SMILES string of the molecule is Cc1nc(C(C)NC(=O)c2occc2Br)sc1C(=O)O. The number of hydrogen-bond acceptors (Lipinski definition) is 5. The fourth-order valence-electron chi connectivity index (χ4n) is 1.58. The number of carboxylic acids is 1. The molecule has 0 spiro atoms. The van der Waals surface area contributed by atoms with E-state index in [-0.39, 0.29) is 16.5 Å². The van der Waals surface area contributed by atoms with Gasteiger partial charge in [0.1, 0.15) is 9.88 Å². The number of halogens is 1. The molecular formula is C12H11BrN2O4S. The fourth-order valence-corrected chi connectivity index (χ4v) is 2.87. The summed E-state index contributed by atoms with van der Waals surface area (Å²) in [7, 11) is 0. The van der Waals surface area contributed by atoms with Crippen molar-refractivity contribution in [3.05, 3.63) is 38.1 Å². The van der Waals surface area contributed by atoms with Crippen molar-refractivity contribution in [1.29, 1.82) is 0 Å². The molecule has 2 aromatic rings. The average Bonchev–Trinajstić information content (AvgIpc) is 2.95. The van der Waals surface area contributed by atoms with Crippen LogP contribution in [0, 0.1) is 6.92 Å². The summed E-state index contributed by atoms with van der Waals surface area (Å²) in [6, 6.07) is 1.21. The number of carbonyl (C=O) groups is 2. The number of carboxylic acid groups (broad SMARTS) is 1. The Bertz CT molecular complexity index is 664. The van der Waals surface area contributed by atoms with Crippen molar-refractivity contribution in [3.8, 4) is 0 Å². The van der Waals surface area contributed by atoms with Gasteiger partial charge >= 0.3 is 5.97 Å². The van der Waals surface area contributed by atoms with E-state index in [1.807, 2.05) is 0 Å². The molecule has 1 unspecified atom stereocenters. The van der Waals surface area contributed by atoms with Gasteiger partial charge in [0, 0.05) is 0 Å². The summed E-state index contributed by atoms with van der Waals surface area (Å²) in [5.41, 5.74) is 0.442. The second-order valence-corrected chi connectivity index (χ2v) is 5.95. The van der Waals surface area contributed by atoms with E-state index in [1.165, 1.54) is 6.26 Å². The normalized spacial score (nSPS) is 12.2. The minimum atomic E-state index is -1.02. The number of nitrogens with one attached hydrogen (secondary N) is 1. The van der Waals surface area contributed by atoms with Crippen molar-refractivity contribution in [2.45, 2.75) is 19.9 Å². The third-order valence-corrected chi connectivity index (χ3v) is 4.50. The highest BCUT2D eigenvalue weighted by atomic mass is 79.9. The van der Waals surface area contributed by atoms with Gasteiger partial charge in [-0.05, 0) is 35.8 Å². The van der Waals surface area contributed by atoms with Gasteiger partial charge in [-0.25, -0.2) is 9.78 Å². The topological polar surface area (TPSA) is 92.4 Å². The molecule has 2 aromatic heterocycles. The maximum Gasteiger partial charge on any atom is 0.347 e. The van der Waals surface area contributed by atoms with Gasteiger partial charge in [0.2, 0.25) is 5.76 Å². The first-order valence-corrected chi connectivity index (χ1v) is 7.25. The predicted octanol–water partition coefficient (Wildman–Crippen LogP) is 3.00. The summed E-state index contributed by atoms with van der Waals surface area (Å²) in [6.45, 7) is 3.36. The van der Waals surface area contributed by atoms with Gasteiger partial charge in [0.05, 0.1) is 22.5 Å². The molecule has 0 aliphatic carbocycles. The molecule has 1 amide bonds. The van der Waals surface area contributed by atoms with Crippen LogP contribution in [0.4, 0.5) is 0 Å². The first kappa shape index (κ1) is 14.7. The summed E-state index contributed by atoms with van der Waals surface area (Å²) in [5, 5.41) is 12.2. The number of amides is 1. The molecule has 20 heavy (non-hydrogen) atoms. The molecule has 0 fully saturated rings. The van der Waals surface area contributed by atoms with Crippen LogP contribution in [-0.4, -0.2) is 22.0 Å². The van der Waals surface area contributed by atoms with Crippen molar-refractivity contribution in [1.82, 2.24) is 10.3 Å². The maximum absolute atomic E-state index is 12.0. The zero-order valence-electron chi connectivity index (χ0n) is 10.6. The molecule has 8 heteroatoms. The Morgan fingerprint density at radius 2 is 2.25 bits per heavy atom. The second-order valence-electron chi connectivity index (χ2n) is 4.06. The van der Waals surface area contributed by atoms with E-state index >= 15 is 0 Å². The molecule has 106 valence electrons. The molecule has 0 aliphatic rings. The summed E-state index contributed by atoms with van der Waals surface area (Å²) in [4.78, 5) is 27.3. The first-order chi connectivity index (χ1) is 9.40. The minimum Gasteiger partial charge on any atom is -0.477 e. The van der Waals surface area contributed by atoms with Gasteiger partial charge in [-0.2, -0.15) is 0 Å². The third kappa shape index (κ3) is 2.91. The van der Waals surface area contributed by atoms with E-state index in [0.717, 1.165) is 11.3 Å². The standard InChI is InChI=1S/C12H11BrN2O4S/c1-5-9(12(17)18)20-11(15-5)6(2)14-10(16)8-7(13)3-4-19-8/h3-4,6H,1-2H3,(H,14,16)(H,17,18). The first-order valence-electron chi connectivity index (χ1n) is 5.64. The Morgan fingerprint density at radius 1 is 1.55 bits per heavy atom. The summed E-state index contributed by atoms with van der Waals surface area (Å²) in [6.07, 6.45) is 1.40. The Kier molecular flexibility index (Phi) is 4.24. The number of rotatable bonds is 4. The smallest absolute Gasteiger partial charge is 0.347 e. The highest BCUT2D eigenvalue weighted by molar-refractivity contribution is 9.10. The molecule has 2 N–H and O–H groups in total. The monoisotopic (exact) mass is 358 g/mol. The fraction of sp³-hybridized carbons (Fsp3) is 0.250. The average molecular weight is 359 g/mol. The highest BCUT2D eigenvalue weighted by Crippen LogP contribution is 2.24. The van der Waals surface area contributed by atoms with Crippen LogP contribution in [0.5, 0.6) is 0 Å². The Labute approximate surface area is 127 Å². The van der Waals surface area contributed by atoms with Gasteiger partial charge in [-0.3, -0.25) is 4.79 Å². The van der Waals surface area contributed by atoms with Crippen LogP contribution in [0.15, 0.2) is 21.2 Å². The van der Waals surface area contributed by atoms with Gasteiger partial charge < -0.3 is 14.8 Å². The van der Waals surface area contributed by atoms with Crippen molar-refractivity contribution >= 4 is 39.1 Å². The molecule has 6 nitrogen and oxygen atoms in total. The number of aromatic nitrogens is 1. The Balaban J connectivity index is 2.14. The van der Waals surface area contributed by atoms with Crippen molar-refractivity contribution in [2.24, 2.45) is 0 Å². The number of aromatic carboxylic acids is 1. The van der Waals surface area contributed by atoms with Gasteiger partial charge in [-0.1, -0.05) is 0 Å². The number of aryl methyl sites for hydroxylation is 1. The summed E-state index contributed by atoms with van der Waals surface area (Å²) in [5.74, 6) is -1.23. The molecule has 0 saturated heterocycles. The Morgan fingerprint density at radius 3 is 2.75 bits per heavy atom. The van der Waals surface area contributed by atoms with Crippen LogP contribution in [0.25, 0.3) is 0 Å². The van der Waals surface area contributed by atoms with Crippen molar-refractivity contribution in [2.75, 3.05) is 0 Å². The van der Waals surface area contributed by atoms with Crippen molar-refractivity contribution < 1.29 is 19.1 Å². The lowest BCUT2D eigenvalue weighted by Crippen LogP contribution is -2.26. The lowest BCUT2D eigenvalue weighted by atomic mass is 10.3. The van der Waals surface area contributed by atoms with Gasteiger partial charge in [0.15, 0.2) is 0 Å². The number of nitrogens with zero attached hydrogens (tertiary/aromatic N) is 1. The van der Waals surface area contributed by atoms with E-state index in [4.69, 9.17) is 9.52 Å². The number of thiazole rings is 1. The van der Waals surface area contributed by atoms with E-state index in [0.29, 0.717) is 15.2 Å². The number of carbonyl (C=O) groups excluding carboxylic acids is 1. The van der Waals surface area contributed by atoms with E-state index in [2.05, 4.69) is 26.2 Å². The second kappa shape index (κ2) is 5.76. The summed E-state index contributed by atoms with van der Waals surface area (Å²) >= 11 is 4.25. The molecule has 0 saturated carbocycles. The van der Waals surface area contributed by atoms with Gasteiger partial charge in [0.25, 0.3) is 5.91 Å². The Hall–Kier alpha value is -1.67. The maximum atomic E-state index is 12.0. The largest absolute Gasteiger partial charge is 0.477 e. The van der Waals surface area contributed by atoms with Crippen LogP contribution in [0.1, 0.15) is 43.9 Å². The van der Waals surface area contributed by atoms with E-state index in [1.54, 1.807) is 19.9 Å². The minimum absolute atomic E-state index is 0.170. The van der Waals surface area contributed by atoms with Crippen LogP contribution < -0.4 is 5.32 Å². The van der Waals surface area contributed by atoms with Crippen LogP contribution in [-0.2, 0) is 0 Å².